The molecule has 0 spiro atoms. The first kappa shape index (κ1) is 16.2. The summed E-state index contributed by atoms with van der Waals surface area (Å²) in [5.74, 6) is -0.251. The second-order valence-electron chi connectivity index (χ2n) is 5.52. The maximum absolute atomic E-state index is 11.5. The highest BCUT2D eigenvalue weighted by molar-refractivity contribution is 5.70. The van der Waals surface area contributed by atoms with Crippen LogP contribution in [0.25, 0.3) is 0 Å². The lowest BCUT2D eigenvalue weighted by molar-refractivity contribution is -0.143. The van der Waals surface area contributed by atoms with E-state index in [0.29, 0.717) is 6.61 Å². The highest BCUT2D eigenvalue weighted by atomic mass is 16.5. The van der Waals surface area contributed by atoms with E-state index in [1.54, 1.807) is 6.92 Å². The molecule has 3 nitrogen and oxygen atoms in total. The average molecular weight is 297 g/mol. The van der Waals surface area contributed by atoms with Crippen molar-refractivity contribution >= 4 is 5.97 Å². The summed E-state index contributed by atoms with van der Waals surface area (Å²) in [4.78, 5) is 11.5. The van der Waals surface area contributed by atoms with Gasteiger partial charge in [-0.25, -0.2) is 0 Å². The van der Waals surface area contributed by atoms with Gasteiger partial charge in [0.25, 0.3) is 0 Å². The van der Waals surface area contributed by atoms with Crippen LogP contribution in [-0.2, 0) is 16.0 Å². The highest BCUT2D eigenvalue weighted by Crippen LogP contribution is 2.18. The molecule has 116 valence electrons. The zero-order valence-corrected chi connectivity index (χ0v) is 13.2. The molecular formula is C19H23NO2. The van der Waals surface area contributed by atoms with Crippen molar-refractivity contribution in [2.75, 3.05) is 6.61 Å². The van der Waals surface area contributed by atoms with Gasteiger partial charge in [-0.15, -0.1) is 0 Å². The van der Waals surface area contributed by atoms with E-state index in [-0.39, 0.29) is 18.4 Å². The molecule has 0 saturated heterocycles. The maximum Gasteiger partial charge on any atom is 0.307 e. The van der Waals surface area contributed by atoms with Gasteiger partial charge in [0.1, 0.15) is 0 Å². The molecule has 0 saturated carbocycles. The molecule has 22 heavy (non-hydrogen) atoms. The van der Waals surface area contributed by atoms with E-state index in [2.05, 4.69) is 43.3 Å². The van der Waals surface area contributed by atoms with Crippen molar-refractivity contribution in [2.45, 2.75) is 32.7 Å². The fourth-order valence-electron chi connectivity index (χ4n) is 2.39. The molecule has 2 rings (SSSR count). The van der Waals surface area contributed by atoms with Crippen LogP contribution in [0.4, 0.5) is 0 Å². The SMILES string of the molecule is CCOC(=O)C[C@H](N)c1cccc(Cc2ccc(C)cc2)c1. The molecule has 2 aromatic carbocycles. The summed E-state index contributed by atoms with van der Waals surface area (Å²) < 4.78 is 4.95. The summed E-state index contributed by atoms with van der Waals surface area (Å²) in [6.07, 6.45) is 1.07. The van der Waals surface area contributed by atoms with Gasteiger partial charge in [-0.05, 0) is 37.0 Å². The number of hydrogen-bond donors (Lipinski definition) is 1. The molecule has 0 heterocycles. The number of rotatable bonds is 6. The third-order valence-electron chi connectivity index (χ3n) is 3.60. The second kappa shape index (κ2) is 7.76. The Hall–Kier alpha value is -2.13. The molecule has 0 fully saturated rings. The minimum absolute atomic E-state index is 0.210. The van der Waals surface area contributed by atoms with E-state index in [0.717, 1.165) is 12.0 Å². The van der Waals surface area contributed by atoms with Crippen molar-refractivity contribution in [2.24, 2.45) is 5.73 Å². The Morgan fingerprint density at radius 2 is 1.86 bits per heavy atom. The minimum atomic E-state index is -0.322. The molecule has 0 unspecified atom stereocenters. The molecule has 0 aliphatic heterocycles. The van der Waals surface area contributed by atoms with E-state index in [9.17, 15) is 4.79 Å². The molecule has 0 radical (unpaired) electrons. The van der Waals surface area contributed by atoms with E-state index >= 15 is 0 Å². The Morgan fingerprint density at radius 1 is 1.14 bits per heavy atom. The summed E-state index contributed by atoms with van der Waals surface area (Å²) >= 11 is 0. The second-order valence-corrected chi connectivity index (χ2v) is 5.52. The lowest BCUT2D eigenvalue weighted by Crippen LogP contribution is -2.17. The van der Waals surface area contributed by atoms with Crippen molar-refractivity contribution < 1.29 is 9.53 Å². The number of benzene rings is 2. The van der Waals surface area contributed by atoms with Crippen LogP contribution in [0.1, 0.15) is 41.6 Å². The van der Waals surface area contributed by atoms with E-state index in [1.807, 2.05) is 12.1 Å². The zero-order chi connectivity index (χ0) is 15.9. The van der Waals surface area contributed by atoms with E-state index in [4.69, 9.17) is 10.5 Å². The molecule has 0 aliphatic rings. The summed E-state index contributed by atoms with van der Waals surface area (Å²) in [7, 11) is 0. The smallest absolute Gasteiger partial charge is 0.307 e. The Labute approximate surface area is 132 Å². The largest absolute Gasteiger partial charge is 0.466 e. The molecule has 2 N–H and O–H groups in total. The molecular weight excluding hydrogens is 274 g/mol. The molecule has 0 aromatic heterocycles. The summed E-state index contributed by atoms with van der Waals surface area (Å²) in [5, 5.41) is 0. The lowest BCUT2D eigenvalue weighted by atomic mass is 9.98. The number of ether oxygens (including phenoxy) is 1. The number of carbonyl (C=O) groups is 1. The van der Waals surface area contributed by atoms with Crippen molar-refractivity contribution in [1.82, 2.24) is 0 Å². The first-order valence-electron chi connectivity index (χ1n) is 7.64. The highest BCUT2D eigenvalue weighted by Gasteiger charge is 2.12. The molecule has 1 atom stereocenters. The van der Waals surface area contributed by atoms with Gasteiger partial charge in [-0.1, -0.05) is 54.1 Å². The van der Waals surface area contributed by atoms with Gasteiger partial charge < -0.3 is 10.5 Å². The monoisotopic (exact) mass is 297 g/mol. The van der Waals surface area contributed by atoms with Crippen LogP contribution in [0.5, 0.6) is 0 Å². The van der Waals surface area contributed by atoms with Crippen LogP contribution in [0.2, 0.25) is 0 Å². The number of carbonyl (C=O) groups excluding carboxylic acids is 1. The van der Waals surface area contributed by atoms with Crippen LogP contribution in [0.15, 0.2) is 48.5 Å². The maximum atomic E-state index is 11.5. The minimum Gasteiger partial charge on any atom is -0.466 e. The molecule has 0 bridgehead atoms. The Balaban J connectivity index is 2.05. The fourth-order valence-corrected chi connectivity index (χ4v) is 2.39. The average Bonchev–Trinajstić information content (AvgIpc) is 2.50. The fraction of sp³-hybridized carbons (Fsp3) is 0.316. The van der Waals surface area contributed by atoms with Gasteiger partial charge >= 0.3 is 5.97 Å². The van der Waals surface area contributed by atoms with Gasteiger partial charge in [-0.3, -0.25) is 4.79 Å². The molecule has 3 heteroatoms. The van der Waals surface area contributed by atoms with Crippen molar-refractivity contribution in [3.8, 4) is 0 Å². The van der Waals surface area contributed by atoms with Crippen LogP contribution in [0, 0.1) is 6.92 Å². The first-order valence-corrected chi connectivity index (χ1v) is 7.64. The summed E-state index contributed by atoms with van der Waals surface area (Å²) in [6.45, 7) is 4.27. The van der Waals surface area contributed by atoms with Crippen LogP contribution in [-0.4, -0.2) is 12.6 Å². The normalized spacial score (nSPS) is 12.0. The van der Waals surface area contributed by atoms with Crippen LogP contribution in [0.3, 0.4) is 0 Å². The van der Waals surface area contributed by atoms with Gasteiger partial charge in [0.05, 0.1) is 13.0 Å². The first-order chi connectivity index (χ1) is 10.6. The topological polar surface area (TPSA) is 52.3 Å². The Bertz CT molecular complexity index is 620. The van der Waals surface area contributed by atoms with Gasteiger partial charge in [0, 0.05) is 6.04 Å². The number of nitrogens with two attached hydrogens (primary N) is 1. The number of aryl methyl sites for hydroxylation is 1. The molecule has 0 aliphatic carbocycles. The van der Waals surface area contributed by atoms with Crippen LogP contribution < -0.4 is 5.73 Å². The standard InChI is InChI=1S/C19H23NO2/c1-3-22-19(21)13-18(20)17-6-4-5-16(12-17)11-15-9-7-14(2)8-10-15/h4-10,12,18H,3,11,13,20H2,1-2H3/t18-/m0/s1. The molecule has 2 aromatic rings. The van der Waals surface area contributed by atoms with Gasteiger partial charge in [0.15, 0.2) is 0 Å². The summed E-state index contributed by atoms with van der Waals surface area (Å²) in [6, 6.07) is 16.3. The zero-order valence-electron chi connectivity index (χ0n) is 13.2. The Morgan fingerprint density at radius 3 is 2.55 bits per heavy atom. The predicted octanol–water partition coefficient (Wildman–Crippen LogP) is 3.54. The van der Waals surface area contributed by atoms with E-state index < -0.39 is 0 Å². The third kappa shape index (κ3) is 4.71. The van der Waals surface area contributed by atoms with Crippen molar-refractivity contribution in [3.63, 3.8) is 0 Å². The third-order valence-corrected chi connectivity index (χ3v) is 3.60. The van der Waals surface area contributed by atoms with Gasteiger partial charge in [0.2, 0.25) is 0 Å². The van der Waals surface area contributed by atoms with E-state index in [1.165, 1.54) is 16.7 Å². The van der Waals surface area contributed by atoms with Crippen molar-refractivity contribution in [3.05, 3.63) is 70.8 Å². The number of hydrogen-bond acceptors (Lipinski definition) is 3. The lowest BCUT2D eigenvalue weighted by Gasteiger charge is -2.13. The van der Waals surface area contributed by atoms with Gasteiger partial charge in [-0.2, -0.15) is 0 Å². The Kier molecular flexibility index (Phi) is 5.73. The summed E-state index contributed by atoms with van der Waals surface area (Å²) in [5.41, 5.74) is 10.8. The van der Waals surface area contributed by atoms with Crippen LogP contribution >= 0.6 is 0 Å². The molecule has 0 amide bonds. The predicted molar refractivity (Wildman–Crippen MR) is 88.6 cm³/mol. The van der Waals surface area contributed by atoms with Crippen molar-refractivity contribution in [1.29, 1.82) is 0 Å². The quantitative estimate of drug-likeness (QED) is 0.830. The number of esters is 1.